The summed E-state index contributed by atoms with van der Waals surface area (Å²) in [6.07, 6.45) is 0. The number of hydrogen-bond acceptors (Lipinski definition) is 2. The number of alkyl halides is 2. The zero-order valence-electron chi connectivity index (χ0n) is 5.34. The summed E-state index contributed by atoms with van der Waals surface area (Å²) in [5, 5.41) is 16.1. The van der Waals surface area contributed by atoms with Gasteiger partial charge in [-0.2, -0.15) is 8.78 Å². The molecule has 0 bridgehead atoms. The third-order valence-corrected chi connectivity index (χ3v) is 1.18. The van der Waals surface area contributed by atoms with Gasteiger partial charge in [0.2, 0.25) is 0 Å². The van der Waals surface area contributed by atoms with Gasteiger partial charge in [-0.1, -0.05) is 6.92 Å². The molecule has 0 radical (unpaired) electrons. The van der Waals surface area contributed by atoms with Crippen molar-refractivity contribution in [2.24, 2.45) is 5.92 Å². The van der Waals surface area contributed by atoms with E-state index in [9.17, 15) is 13.6 Å². The Morgan fingerprint density at radius 2 is 2.10 bits per heavy atom. The van der Waals surface area contributed by atoms with Gasteiger partial charge >= 0.3 is 11.9 Å². The van der Waals surface area contributed by atoms with Crippen molar-refractivity contribution >= 4 is 5.97 Å². The van der Waals surface area contributed by atoms with Crippen molar-refractivity contribution in [1.29, 1.82) is 0 Å². The number of aliphatic hydroxyl groups excluding tert-OH is 1. The van der Waals surface area contributed by atoms with Gasteiger partial charge in [0.25, 0.3) is 0 Å². The number of rotatable bonds is 3. The molecule has 0 spiro atoms. The summed E-state index contributed by atoms with van der Waals surface area (Å²) in [5.41, 5.74) is 0. The van der Waals surface area contributed by atoms with Gasteiger partial charge in [-0.05, 0) is 0 Å². The highest BCUT2D eigenvalue weighted by atomic mass is 19.3. The molecule has 5 heteroatoms. The van der Waals surface area contributed by atoms with Crippen LogP contribution in [0.1, 0.15) is 6.92 Å². The Labute approximate surface area is 56.3 Å². The first-order valence-corrected chi connectivity index (χ1v) is 2.65. The van der Waals surface area contributed by atoms with Crippen molar-refractivity contribution < 1.29 is 23.8 Å². The van der Waals surface area contributed by atoms with E-state index in [0.29, 0.717) is 0 Å². The average molecular weight is 154 g/mol. The topological polar surface area (TPSA) is 57.5 Å². The molecule has 0 rings (SSSR count). The normalized spacial score (nSPS) is 14.8. The second-order valence-electron chi connectivity index (χ2n) is 2.01. The van der Waals surface area contributed by atoms with Crippen molar-refractivity contribution in [3.8, 4) is 0 Å². The van der Waals surface area contributed by atoms with Crippen LogP contribution in [0.5, 0.6) is 0 Å². The van der Waals surface area contributed by atoms with Gasteiger partial charge in [-0.15, -0.1) is 0 Å². The van der Waals surface area contributed by atoms with Gasteiger partial charge in [0, 0.05) is 0 Å². The first-order chi connectivity index (χ1) is 4.42. The zero-order valence-corrected chi connectivity index (χ0v) is 5.34. The summed E-state index contributed by atoms with van der Waals surface area (Å²) in [4.78, 5) is 9.76. The van der Waals surface area contributed by atoms with E-state index < -0.39 is 24.4 Å². The maximum absolute atomic E-state index is 12.2. The van der Waals surface area contributed by atoms with E-state index in [2.05, 4.69) is 0 Å². The highest BCUT2D eigenvalue weighted by Gasteiger charge is 2.44. The van der Waals surface area contributed by atoms with Crippen LogP contribution in [0.2, 0.25) is 0 Å². The van der Waals surface area contributed by atoms with Crippen LogP contribution in [0.3, 0.4) is 0 Å². The molecule has 0 saturated heterocycles. The Balaban J connectivity index is 4.23. The predicted molar refractivity (Wildman–Crippen MR) is 28.8 cm³/mol. The number of halogens is 2. The third kappa shape index (κ3) is 1.63. The Hall–Kier alpha value is -0.710. The molecule has 0 aromatic carbocycles. The van der Waals surface area contributed by atoms with Crippen LogP contribution in [-0.2, 0) is 4.79 Å². The van der Waals surface area contributed by atoms with E-state index in [0.717, 1.165) is 6.92 Å². The SMILES string of the molecule is CC(CO)C(F)(F)C(=O)O. The van der Waals surface area contributed by atoms with Crippen LogP contribution in [0, 0.1) is 5.92 Å². The van der Waals surface area contributed by atoms with Crippen LogP contribution in [0.4, 0.5) is 8.78 Å². The molecule has 0 aromatic rings. The number of carbonyl (C=O) groups is 1. The van der Waals surface area contributed by atoms with Crippen LogP contribution >= 0.6 is 0 Å². The highest BCUT2D eigenvalue weighted by Crippen LogP contribution is 2.23. The van der Waals surface area contributed by atoms with Gasteiger partial charge in [0.1, 0.15) is 0 Å². The standard InChI is InChI=1S/C5H8F2O3/c1-3(2-8)5(6,7)4(9)10/h3,8H,2H2,1H3,(H,9,10). The lowest BCUT2D eigenvalue weighted by Gasteiger charge is -2.16. The van der Waals surface area contributed by atoms with Crippen molar-refractivity contribution in [1.82, 2.24) is 0 Å². The van der Waals surface area contributed by atoms with Gasteiger partial charge in [-0.25, -0.2) is 4.79 Å². The Morgan fingerprint density at radius 1 is 1.70 bits per heavy atom. The lowest BCUT2D eigenvalue weighted by Crippen LogP contribution is -2.37. The zero-order chi connectivity index (χ0) is 8.36. The maximum Gasteiger partial charge on any atom is 0.374 e. The molecule has 2 N–H and O–H groups in total. The van der Waals surface area contributed by atoms with Gasteiger partial charge in [0.15, 0.2) is 0 Å². The fraction of sp³-hybridized carbons (Fsp3) is 0.800. The Morgan fingerprint density at radius 3 is 2.20 bits per heavy atom. The summed E-state index contributed by atoms with van der Waals surface area (Å²) < 4.78 is 24.4. The highest BCUT2D eigenvalue weighted by molar-refractivity contribution is 5.75. The largest absolute Gasteiger partial charge is 0.477 e. The van der Waals surface area contributed by atoms with Gasteiger partial charge in [0.05, 0.1) is 12.5 Å². The van der Waals surface area contributed by atoms with E-state index in [1.54, 1.807) is 0 Å². The molecule has 0 aliphatic rings. The molecule has 1 unspecified atom stereocenters. The van der Waals surface area contributed by atoms with Crippen LogP contribution in [-0.4, -0.2) is 28.7 Å². The first-order valence-electron chi connectivity index (χ1n) is 2.65. The summed E-state index contributed by atoms with van der Waals surface area (Å²) in [6, 6.07) is 0. The van der Waals surface area contributed by atoms with Crippen LogP contribution in [0.15, 0.2) is 0 Å². The molecule has 1 atom stereocenters. The quantitative estimate of drug-likeness (QED) is 0.616. The monoisotopic (exact) mass is 154 g/mol. The van der Waals surface area contributed by atoms with E-state index in [1.807, 2.05) is 0 Å². The minimum absolute atomic E-state index is 0.834. The summed E-state index contributed by atoms with van der Waals surface area (Å²) >= 11 is 0. The molecular formula is C5H8F2O3. The maximum atomic E-state index is 12.2. The second-order valence-corrected chi connectivity index (χ2v) is 2.01. The fourth-order valence-electron chi connectivity index (χ4n) is 0.325. The van der Waals surface area contributed by atoms with Crippen LogP contribution in [0.25, 0.3) is 0 Å². The molecular weight excluding hydrogens is 146 g/mol. The van der Waals surface area contributed by atoms with Gasteiger partial charge < -0.3 is 10.2 Å². The summed E-state index contributed by atoms with van der Waals surface area (Å²) in [7, 11) is 0. The lowest BCUT2D eigenvalue weighted by molar-refractivity contribution is -0.174. The second kappa shape index (κ2) is 2.92. The number of carboxylic acids is 1. The molecule has 0 fully saturated rings. The van der Waals surface area contributed by atoms with Gasteiger partial charge in [-0.3, -0.25) is 0 Å². The molecule has 0 amide bonds. The summed E-state index contributed by atoms with van der Waals surface area (Å²) in [5.74, 6) is -7.56. The molecule has 0 heterocycles. The molecule has 0 aliphatic carbocycles. The minimum atomic E-state index is -3.82. The summed E-state index contributed by atoms with van der Waals surface area (Å²) in [6.45, 7) is 0.132. The predicted octanol–water partition coefficient (Wildman–Crippen LogP) is 0.335. The smallest absolute Gasteiger partial charge is 0.374 e. The van der Waals surface area contributed by atoms with Crippen molar-refractivity contribution in [3.63, 3.8) is 0 Å². The van der Waals surface area contributed by atoms with E-state index in [1.165, 1.54) is 0 Å². The Kier molecular flexibility index (Phi) is 2.71. The average Bonchev–Trinajstić information content (AvgIpc) is 1.86. The van der Waals surface area contributed by atoms with Crippen LogP contribution < -0.4 is 0 Å². The van der Waals surface area contributed by atoms with E-state index in [-0.39, 0.29) is 0 Å². The third-order valence-electron chi connectivity index (χ3n) is 1.18. The molecule has 0 aromatic heterocycles. The first kappa shape index (κ1) is 9.29. The Bertz CT molecular complexity index is 135. The van der Waals surface area contributed by atoms with E-state index in [4.69, 9.17) is 10.2 Å². The number of hydrogen-bond donors (Lipinski definition) is 2. The molecule has 0 aliphatic heterocycles. The lowest BCUT2D eigenvalue weighted by atomic mass is 10.1. The molecule has 60 valence electrons. The van der Waals surface area contributed by atoms with Crippen molar-refractivity contribution in [3.05, 3.63) is 0 Å². The number of carboxylic acid groups (broad SMARTS) is 1. The van der Waals surface area contributed by atoms with E-state index >= 15 is 0 Å². The molecule has 0 saturated carbocycles. The molecule has 10 heavy (non-hydrogen) atoms. The molecule has 3 nitrogen and oxygen atoms in total. The fourth-order valence-corrected chi connectivity index (χ4v) is 0.325. The van der Waals surface area contributed by atoms with Crippen molar-refractivity contribution in [2.75, 3.05) is 6.61 Å². The number of aliphatic hydroxyl groups is 1. The minimum Gasteiger partial charge on any atom is -0.477 e. The number of aliphatic carboxylic acids is 1. The van der Waals surface area contributed by atoms with Crippen molar-refractivity contribution in [2.45, 2.75) is 12.8 Å².